The molecular formula is C20H24F2N2O3S. The van der Waals surface area contributed by atoms with Gasteiger partial charge in [0.25, 0.3) is 0 Å². The number of ether oxygens (including phenoxy) is 1. The van der Waals surface area contributed by atoms with Gasteiger partial charge >= 0.3 is 0 Å². The molecule has 5 nitrogen and oxygen atoms in total. The molecule has 8 heteroatoms. The number of hydrogen-bond acceptors (Lipinski definition) is 4. The Labute approximate surface area is 164 Å². The highest BCUT2D eigenvalue weighted by Crippen LogP contribution is 2.26. The highest BCUT2D eigenvalue weighted by molar-refractivity contribution is 7.89. The third-order valence-corrected chi connectivity index (χ3v) is 6.42. The Bertz CT molecular complexity index is 898. The van der Waals surface area contributed by atoms with Gasteiger partial charge in [-0.05, 0) is 61.8 Å². The normalized spacial score (nSPS) is 16.7. The fraction of sp³-hybridized carbons (Fsp3) is 0.400. The Morgan fingerprint density at radius 2 is 1.71 bits per heavy atom. The zero-order valence-corrected chi connectivity index (χ0v) is 16.5. The lowest BCUT2D eigenvalue weighted by molar-refractivity contribution is 0.164. The fourth-order valence-electron chi connectivity index (χ4n) is 3.43. The van der Waals surface area contributed by atoms with E-state index < -0.39 is 21.7 Å². The summed E-state index contributed by atoms with van der Waals surface area (Å²) in [7, 11) is -2.37. The maximum Gasteiger partial charge on any atom is 0.240 e. The summed E-state index contributed by atoms with van der Waals surface area (Å²) in [4.78, 5) is 1.96. The van der Waals surface area contributed by atoms with Crippen molar-refractivity contribution in [2.75, 3.05) is 26.7 Å². The van der Waals surface area contributed by atoms with Gasteiger partial charge < -0.3 is 4.74 Å². The van der Waals surface area contributed by atoms with Gasteiger partial charge in [-0.1, -0.05) is 18.6 Å². The van der Waals surface area contributed by atoms with Crippen molar-refractivity contribution in [2.24, 2.45) is 0 Å². The number of piperidine rings is 1. The SMILES string of the molecule is COc1ccc(C(CNS(=O)(=O)c2ccc(F)c(F)c2)N2CCCCC2)cc1. The highest BCUT2D eigenvalue weighted by atomic mass is 32.2. The zero-order chi connectivity index (χ0) is 20.1. The van der Waals surface area contributed by atoms with E-state index in [1.54, 1.807) is 7.11 Å². The minimum absolute atomic E-state index is 0.133. The molecule has 1 fully saturated rings. The van der Waals surface area contributed by atoms with Crippen LogP contribution in [0.15, 0.2) is 47.4 Å². The van der Waals surface area contributed by atoms with Crippen molar-refractivity contribution in [1.29, 1.82) is 0 Å². The molecule has 1 unspecified atom stereocenters. The lowest BCUT2D eigenvalue weighted by Crippen LogP contribution is -2.40. The number of sulfonamides is 1. The highest BCUT2D eigenvalue weighted by Gasteiger charge is 2.25. The monoisotopic (exact) mass is 410 g/mol. The average molecular weight is 410 g/mol. The largest absolute Gasteiger partial charge is 0.497 e. The van der Waals surface area contributed by atoms with Gasteiger partial charge in [-0.2, -0.15) is 0 Å². The van der Waals surface area contributed by atoms with Gasteiger partial charge in [-0.25, -0.2) is 21.9 Å². The molecule has 0 amide bonds. The second-order valence-corrected chi connectivity index (χ2v) is 8.58. The molecule has 0 bridgehead atoms. The van der Waals surface area contributed by atoms with E-state index in [0.717, 1.165) is 55.8 Å². The van der Waals surface area contributed by atoms with Gasteiger partial charge in [0, 0.05) is 12.6 Å². The first-order valence-electron chi connectivity index (χ1n) is 9.23. The minimum Gasteiger partial charge on any atom is -0.497 e. The van der Waals surface area contributed by atoms with E-state index in [1.807, 2.05) is 24.3 Å². The molecule has 1 heterocycles. The Kier molecular flexibility index (Phi) is 6.64. The summed E-state index contributed by atoms with van der Waals surface area (Å²) < 4.78 is 59.5. The van der Waals surface area contributed by atoms with E-state index in [2.05, 4.69) is 9.62 Å². The van der Waals surface area contributed by atoms with Crippen LogP contribution >= 0.6 is 0 Å². The minimum atomic E-state index is -3.96. The second-order valence-electron chi connectivity index (χ2n) is 6.81. The molecule has 0 radical (unpaired) electrons. The molecule has 28 heavy (non-hydrogen) atoms. The van der Waals surface area contributed by atoms with Crippen LogP contribution in [0, 0.1) is 11.6 Å². The van der Waals surface area contributed by atoms with Gasteiger partial charge in [-0.3, -0.25) is 4.90 Å². The van der Waals surface area contributed by atoms with Crippen LogP contribution in [0.4, 0.5) is 8.78 Å². The second kappa shape index (κ2) is 8.98. The molecule has 1 atom stereocenters. The van der Waals surface area contributed by atoms with Crippen molar-refractivity contribution in [1.82, 2.24) is 9.62 Å². The number of nitrogens with zero attached hydrogens (tertiary/aromatic N) is 1. The molecule has 0 spiro atoms. The van der Waals surface area contributed by atoms with E-state index in [1.165, 1.54) is 0 Å². The molecule has 0 saturated carbocycles. The number of rotatable bonds is 7. The lowest BCUT2D eigenvalue weighted by atomic mass is 10.0. The van der Waals surface area contributed by atoms with Crippen molar-refractivity contribution in [3.05, 3.63) is 59.7 Å². The van der Waals surface area contributed by atoms with E-state index >= 15 is 0 Å². The molecule has 3 rings (SSSR count). The molecule has 1 aliphatic heterocycles. The van der Waals surface area contributed by atoms with Crippen LogP contribution in [-0.2, 0) is 10.0 Å². The summed E-state index contributed by atoms with van der Waals surface area (Å²) >= 11 is 0. The standard InChI is InChI=1S/C20H24F2N2O3S/c1-27-16-7-5-15(6-8-16)20(24-11-3-2-4-12-24)14-23-28(25,26)17-9-10-18(21)19(22)13-17/h5-10,13,20,23H,2-4,11-12,14H2,1H3. The lowest BCUT2D eigenvalue weighted by Gasteiger charge is -2.35. The third kappa shape index (κ3) is 4.87. The van der Waals surface area contributed by atoms with E-state index in [0.29, 0.717) is 6.07 Å². The Morgan fingerprint density at radius 3 is 2.32 bits per heavy atom. The molecule has 0 aliphatic carbocycles. The summed E-state index contributed by atoms with van der Waals surface area (Å²) in [5.41, 5.74) is 0.968. The van der Waals surface area contributed by atoms with Crippen LogP contribution < -0.4 is 9.46 Å². The zero-order valence-electron chi connectivity index (χ0n) is 15.7. The van der Waals surface area contributed by atoms with Crippen LogP contribution in [0.25, 0.3) is 0 Å². The van der Waals surface area contributed by atoms with Crippen molar-refractivity contribution >= 4 is 10.0 Å². The number of benzene rings is 2. The summed E-state index contributed by atoms with van der Waals surface area (Å²) in [6.45, 7) is 1.89. The topological polar surface area (TPSA) is 58.6 Å². The van der Waals surface area contributed by atoms with Gasteiger partial charge in [-0.15, -0.1) is 0 Å². The first kappa shape index (κ1) is 20.7. The first-order valence-corrected chi connectivity index (χ1v) is 10.7. The van der Waals surface area contributed by atoms with Crippen molar-refractivity contribution in [3.63, 3.8) is 0 Å². The number of halogens is 2. The molecular weight excluding hydrogens is 386 g/mol. The number of methoxy groups -OCH3 is 1. The van der Waals surface area contributed by atoms with E-state index in [-0.39, 0.29) is 17.5 Å². The van der Waals surface area contributed by atoms with Crippen LogP contribution in [0.1, 0.15) is 30.9 Å². The summed E-state index contributed by atoms with van der Waals surface area (Å²) in [6.07, 6.45) is 3.28. The Balaban J connectivity index is 1.80. The van der Waals surface area contributed by atoms with Gasteiger partial charge in [0.1, 0.15) is 5.75 Å². The van der Waals surface area contributed by atoms with Gasteiger partial charge in [0.05, 0.1) is 12.0 Å². The average Bonchev–Trinajstić information content (AvgIpc) is 2.71. The van der Waals surface area contributed by atoms with Gasteiger partial charge in [0.2, 0.25) is 10.0 Å². The number of nitrogens with one attached hydrogen (secondary N) is 1. The predicted molar refractivity (Wildman–Crippen MR) is 103 cm³/mol. The molecule has 2 aromatic carbocycles. The molecule has 2 aromatic rings. The van der Waals surface area contributed by atoms with Gasteiger partial charge in [0.15, 0.2) is 11.6 Å². The molecule has 1 N–H and O–H groups in total. The molecule has 1 saturated heterocycles. The van der Waals surface area contributed by atoms with Crippen molar-refractivity contribution < 1.29 is 21.9 Å². The smallest absolute Gasteiger partial charge is 0.240 e. The van der Waals surface area contributed by atoms with E-state index in [4.69, 9.17) is 4.74 Å². The van der Waals surface area contributed by atoms with Crippen LogP contribution in [0.5, 0.6) is 5.75 Å². The molecule has 152 valence electrons. The maximum absolute atomic E-state index is 13.4. The van der Waals surface area contributed by atoms with E-state index in [9.17, 15) is 17.2 Å². The van der Waals surface area contributed by atoms with Crippen LogP contribution in [0.3, 0.4) is 0 Å². The number of hydrogen-bond donors (Lipinski definition) is 1. The summed E-state index contributed by atoms with van der Waals surface area (Å²) in [6, 6.07) is 9.94. The van der Waals surface area contributed by atoms with Crippen LogP contribution in [-0.4, -0.2) is 40.1 Å². The molecule has 0 aromatic heterocycles. The number of likely N-dealkylation sites (tertiary alicyclic amines) is 1. The predicted octanol–water partition coefficient (Wildman–Crippen LogP) is 3.48. The maximum atomic E-state index is 13.4. The van der Waals surface area contributed by atoms with Crippen molar-refractivity contribution in [3.8, 4) is 5.75 Å². The first-order chi connectivity index (χ1) is 13.4. The van der Waals surface area contributed by atoms with Crippen molar-refractivity contribution in [2.45, 2.75) is 30.2 Å². The van der Waals surface area contributed by atoms with Crippen LogP contribution in [0.2, 0.25) is 0 Å². The Morgan fingerprint density at radius 1 is 1.04 bits per heavy atom. The third-order valence-electron chi connectivity index (χ3n) is 5.00. The quantitative estimate of drug-likeness (QED) is 0.759. The summed E-state index contributed by atoms with van der Waals surface area (Å²) in [5.74, 6) is -1.54. The molecule has 1 aliphatic rings. The Hall–Kier alpha value is -2.03. The summed E-state index contributed by atoms with van der Waals surface area (Å²) in [5, 5.41) is 0. The fourth-order valence-corrected chi connectivity index (χ4v) is 4.48.